The van der Waals surface area contributed by atoms with Crippen LogP contribution in [0.5, 0.6) is 0 Å². The van der Waals surface area contributed by atoms with E-state index in [0.29, 0.717) is 25.4 Å². The molecule has 8 heteroatoms. The fraction of sp³-hybridized carbons (Fsp3) is 1.00. The van der Waals surface area contributed by atoms with Gasteiger partial charge in [-0.3, -0.25) is 0 Å². The van der Waals surface area contributed by atoms with E-state index >= 15 is 0 Å². The Morgan fingerprint density at radius 1 is 0.842 bits per heavy atom. The average molecular weight is 591 g/mol. The molecule has 1 N–H and O–H groups in total. The first-order valence-electron chi connectivity index (χ1n) is 15.5. The van der Waals surface area contributed by atoms with Crippen LogP contribution in [0.3, 0.4) is 0 Å². The summed E-state index contributed by atoms with van der Waals surface area (Å²) in [6.07, 6.45) is 2.82. The maximum Gasteiger partial charge on any atom is 0.192 e. The zero-order valence-electron chi connectivity index (χ0n) is 27.8. The number of aliphatic hydroxyl groups is 1. The smallest absolute Gasteiger partial charge is 0.192 e. The molecule has 0 saturated carbocycles. The predicted octanol–water partition coefficient (Wildman–Crippen LogP) is 8.75. The van der Waals surface area contributed by atoms with E-state index in [0.717, 1.165) is 37.6 Å². The van der Waals surface area contributed by atoms with E-state index in [9.17, 15) is 5.11 Å². The molecule has 1 aliphatic rings. The lowest BCUT2D eigenvalue weighted by molar-refractivity contribution is -0.0339. The SMILES string of the molecule is CC[Si](CC)(CC)O[C@@H](C[C@@H](O)CC[C@H](CO[Si](C)(C)C(C)(C)C)O[Si](C)(C)C(C)(C)C)C1OCC[C@@H]1C. The van der Waals surface area contributed by atoms with Crippen LogP contribution in [0.15, 0.2) is 0 Å². The first-order valence-corrected chi connectivity index (χ1v) is 23.9. The Morgan fingerprint density at radius 3 is 1.79 bits per heavy atom. The van der Waals surface area contributed by atoms with Crippen LogP contribution < -0.4 is 0 Å². The van der Waals surface area contributed by atoms with Crippen LogP contribution in [-0.2, 0) is 18.0 Å². The minimum absolute atomic E-state index is 0.00363. The van der Waals surface area contributed by atoms with Gasteiger partial charge < -0.3 is 23.1 Å². The minimum atomic E-state index is -1.98. The van der Waals surface area contributed by atoms with Crippen molar-refractivity contribution < 1.29 is 23.1 Å². The molecule has 0 spiro atoms. The Labute approximate surface area is 240 Å². The Kier molecular flexibility index (Phi) is 14.0. The van der Waals surface area contributed by atoms with Gasteiger partial charge in [0.15, 0.2) is 25.0 Å². The predicted molar refractivity (Wildman–Crippen MR) is 171 cm³/mol. The molecule has 0 amide bonds. The number of ether oxygens (including phenoxy) is 1. The van der Waals surface area contributed by atoms with Gasteiger partial charge >= 0.3 is 0 Å². The van der Waals surface area contributed by atoms with Gasteiger partial charge in [-0.25, -0.2) is 0 Å². The van der Waals surface area contributed by atoms with Gasteiger partial charge in [-0.1, -0.05) is 69.2 Å². The van der Waals surface area contributed by atoms with E-state index in [1.165, 1.54) is 0 Å². The summed E-state index contributed by atoms with van der Waals surface area (Å²) in [6.45, 7) is 33.5. The second-order valence-electron chi connectivity index (χ2n) is 15.0. The molecule has 0 aromatic carbocycles. The highest BCUT2D eigenvalue weighted by molar-refractivity contribution is 6.75. The van der Waals surface area contributed by atoms with Crippen molar-refractivity contribution in [3.8, 4) is 0 Å². The van der Waals surface area contributed by atoms with E-state index in [1.54, 1.807) is 0 Å². The lowest BCUT2D eigenvalue weighted by atomic mass is 9.94. The Morgan fingerprint density at radius 2 is 1.37 bits per heavy atom. The second-order valence-corrected chi connectivity index (χ2v) is 29.3. The van der Waals surface area contributed by atoms with Gasteiger partial charge in [-0.15, -0.1) is 0 Å². The standard InChI is InChI=1S/C30H66O5Si3/c1-15-38(16-2,17-3)35-27(28-24(4)20-21-32-28)22-25(31)18-19-26(34-37(13,14)30(8,9)10)23-33-36(11,12)29(5,6)7/h24-28,31H,15-23H2,1-14H3/t24-,25-,26+,27-,28?/m0/s1. The van der Waals surface area contributed by atoms with E-state index in [4.69, 9.17) is 18.0 Å². The summed E-state index contributed by atoms with van der Waals surface area (Å²) in [6, 6.07) is 3.34. The summed E-state index contributed by atoms with van der Waals surface area (Å²) in [5, 5.41) is 11.6. The van der Waals surface area contributed by atoms with Crippen LogP contribution >= 0.6 is 0 Å². The Balaban J connectivity index is 3.01. The summed E-state index contributed by atoms with van der Waals surface area (Å²) >= 11 is 0. The van der Waals surface area contributed by atoms with Crippen molar-refractivity contribution in [1.29, 1.82) is 0 Å². The number of hydrogen-bond acceptors (Lipinski definition) is 5. The molecule has 5 atom stereocenters. The first-order chi connectivity index (χ1) is 17.2. The van der Waals surface area contributed by atoms with E-state index < -0.39 is 31.1 Å². The summed E-state index contributed by atoms with van der Waals surface area (Å²) in [5.41, 5.74) is 0. The van der Waals surface area contributed by atoms with Crippen LogP contribution in [0.4, 0.5) is 0 Å². The number of aliphatic hydroxyl groups excluding tert-OH is 1. The fourth-order valence-electron chi connectivity index (χ4n) is 4.81. The van der Waals surface area contributed by atoms with Crippen LogP contribution in [0.1, 0.15) is 94.9 Å². The summed E-state index contributed by atoms with van der Waals surface area (Å²) in [7, 11) is -5.69. The molecule has 1 aliphatic heterocycles. The van der Waals surface area contributed by atoms with Crippen molar-refractivity contribution in [3.63, 3.8) is 0 Å². The van der Waals surface area contributed by atoms with E-state index in [1.807, 2.05) is 0 Å². The highest BCUT2D eigenvalue weighted by Crippen LogP contribution is 2.40. The molecule has 228 valence electrons. The topological polar surface area (TPSA) is 57.2 Å². The molecule has 0 aromatic heterocycles. The zero-order chi connectivity index (χ0) is 29.6. The van der Waals surface area contributed by atoms with Crippen molar-refractivity contribution >= 4 is 25.0 Å². The first kappa shape index (κ1) is 36.5. The summed E-state index contributed by atoms with van der Waals surface area (Å²) in [4.78, 5) is 0. The maximum atomic E-state index is 11.3. The molecule has 1 rings (SSSR count). The normalized spacial score (nSPS) is 22.5. The van der Waals surface area contributed by atoms with Crippen LogP contribution in [0.2, 0.25) is 54.4 Å². The van der Waals surface area contributed by atoms with Crippen molar-refractivity contribution in [3.05, 3.63) is 0 Å². The van der Waals surface area contributed by atoms with Crippen molar-refractivity contribution in [2.24, 2.45) is 5.92 Å². The molecule has 0 bridgehead atoms. The van der Waals surface area contributed by atoms with Crippen LogP contribution in [0.25, 0.3) is 0 Å². The van der Waals surface area contributed by atoms with Gasteiger partial charge in [0.2, 0.25) is 0 Å². The van der Waals surface area contributed by atoms with Crippen LogP contribution in [0, 0.1) is 5.92 Å². The third-order valence-corrected chi connectivity index (χ3v) is 23.9. The number of rotatable bonds is 16. The molecule has 0 radical (unpaired) electrons. The molecule has 0 aromatic rings. The quantitative estimate of drug-likeness (QED) is 0.182. The average Bonchev–Trinajstić information content (AvgIpc) is 3.23. The summed E-state index contributed by atoms with van der Waals surface area (Å²) in [5.74, 6) is 0.470. The van der Waals surface area contributed by atoms with E-state index in [2.05, 4.69) is 95.4 Å². The van der Waals surface area contributed by atoms with Gasteiger partial charge in [-0.05, 0) is 79.6 Å². The van der Waals surface area contributed by atoms with Gasteiger partial charge in [0, 0.05) is 13.0 Å². The van der Waals surface area contributed by atoms with E-state index in [-0.39, 0.29) is 28.4 Å². The van der Waals surface area contributed by atoms with Crippen LogP contribution in [-0.4, -0.2) is 67.7 Å². The highest BCUT2D eigenvalue weighted by atomic mass is 28.4. The van der Waals surface area contributed by atoms with Crippen molar-refractivity contribution in [2.45, 2.75) is 174 Å². The monoisotopic (exact) mass is 590 g/mol. The highest BCUT2D eigenvalue weighted by Gasteiger charge is 2.43. The van der Waals surface area contributed by atoms with Gasteiger partial charge in [0.25, 0.3) is 0 Å². The largest absolute Gasteiger partial charge is 0.414 e. The molecular formula is C30H66O5Si3. The third-order valence-electron chi connectivity index (χ3n) is 10.2. The molecular weight excluding hydrogens is 525 g/mol. The lowest BCUT2D eigenvalue weighted by Gasteiger charge is -2.42. The van der Waals surface area contributed by atoms with Gasteiger partial charge in [0.05, 0.1) is 31.0 Å². The molecule has 5 nitrogen and oxygen atoms in total. The van der Waals surface area contributed by atoms with Crippen molar-refractivity contribution in [1.82, 2.24) is 0 Å². The molecule has 1 unspecified atom stereocenters. The Hall–Kier alpha value is 0.451. The van der Waals surface area contributed by atoms with Gasteiger partial charge in [0.1, 0.15) is 0 Å². The molecule has 1 heterocycles. The lowest BCUT2D eigenvalue weighted by Crippen LogP contribution is -2.48. The molecule has 1 fully saturated rings. The number of hydrogen-bond donors (Lipinski definition) is 1. The fourth-order valence-corrected chi connectivity index (χ4v) is 10.1. The minimum Gasteiger partial charge on any atom is -0.414 e. The maximum absolute atomic E-state index is 11.3. The molecule has 0 aliphatic carbocycles. The zero-order valence-corrected chi connectivity index (χ0v) is 30.8. The Bertz CT molecular complexity index is 674. The summed E-state index contributed by atoms with van der Waals surface area (Å²) < 4.78 is 26.7. The second kappa shape index (κ2) is 14.6. The van der Waals surface area contributed by atoms with Crippen molar-refractivity contribution in [2.75, 3.05) is 13.2 Å². The third kappa shape index (κ3) is 10.4. The van der Waals surface area contributed by atoms with Gasteiger partial charge in [-0.2, -0.15) is 0 Å². The molecule has 1 saturated heterocycles. The molecule has 38 heavy (non-hydrogen) atoms.